The molecule has 0 aliphatic carbocycles. The van der Waals surface area contributed by atoms with Gasteiger partial charge in [0.25, 0.3) is 10.1 Å². The fourth-order valence-electron chi connectivity index (χ4n) is 4.88. The number of benzene rings is 5. The topological polar surface area (TPSA) is 107 Å². The van der Waals surface area contributed by atoms with Gasteiger partial charge < -0.3 is 9.47 Å². The highest BCUT2D eigenvalue weighted by atomic mass is 32.2. The van der Waals surface area contributed by atoms with Crippen molar-refractivity contribution in [2.45, 2.75) is 26.7 Å². The first-order valence-electron chi connectivity index (χ1n) is 14.8. The highest BCUT2D eigenvalue weighted by Gasteiger charge is 2.13. The van der Waals surface area contributed by atoms with E-state index in [0.717, 1.165) is 22.3 Å². The third-order valence-corrected chi connectivity index (χ3v) is 8.22. The van der Waals surface area contributed by atoms with Crippen LogP contribution in [0.2, 0.25) is 0 Å². The van der Waals surface area contributed by atoms with E-state index in [0.29, 0.717) is 45.9 Å². The van der Waals surface area contributed by atoms with Gasteiger partial charge in [-0.3, -0.25) is 14.1 Å². The van der Waals surface area contributed by atoms with Crippen molar-refractivity contribution < 1.29 is 32.0 Å². The van der Waals surface area contributed by atoms with Crippen LogP contribution >= 0.6 is 0 Å². The number of aryl methyl sites for hydroxylation is 2. The van der Waals surface area contributed by atoms with Gasteiger partial charge in [-0.2, -0.15) is 8.42 Å². The molecule has 0 spiro atoms. The van der Waals surface area contributed by atoms with Crippen LogP contribution in [0.4, 0.5) is 0 Å². The molecule has 0 bridgehead atoms. The summed E-state index contributed by atoms with van der Waals surface area (Å²) in [5, 5.41) is 0. The SMILES string of the molecule is Cc1ccc(C(=O)c2ccc(Oc3ccc(C(=O)c4ccc(Cc5ccc(C)cc5OCCCS(=O)(=O)O)cc4)cc3)cc2)cc1. The summed E-state index contributed by atoms with van der Waals surface area (Å²) in [4.78, 5) is 25.9. The molecule has 7 nitrogen and oxygen atoms in total. The van der Waals surface area contributed by atoms with Crippen LogP contribution < -0.4 is 9.47 Å². The second kappa shape index (κ2) is 14.4. The minimum absolute atomic E-state index is 0.0529. The molecule has 0 atom stereocenters. The molecule has 0 heterocycles. The van der Waals surface area contributed by atoms with Crippen molar-refractivity contribution in [3.05, 3.63) is 160 Å². The summed E-state index contributed by atoms with van der Waals surface area (Å²) in [6.45, 7) is 4.09. The smallest absolute Gasteiger partial charge is 0.264 e. The van der Waals surface area contributed by atoms with E-state index in [1.807, 2.05) is 68.4 Å². The molecular weight excluding hydrogens is 600 g/mol. The molecule has 0 saturated heterocycles. The lowest BCUT2D eigenvalue weighted by atomic mass is 9.98. The predicted octanol–water partition coefficient (Wildman–Crippen LogP) is 7.81. The van der Waals surface area contributed by atoms with Crippen molar-refractivity contribution in [2.24, 2.45) is 0 Å². The molecule has 5 rings (SSSR count). The first-order chi connectivity index (χ1) is 22.0. The fraction of sp³-hybridized carbons (Fsp3) is 0.158. The van der Waals surface area contributed by atoms with Gasteiger partial charge in [0.15, 0.2) is 11.6 Å². The number of ketones is 2. The average molecular weight is 635 g/mol. The zero-order valence-corrected chi connectivity index (χ0v) is 26.4. The van der Waals surface area contributed by atoms with Gasteiger partial charge in [-0.05, 0) is 91.6 Å². The molecule has 5 aromatic carbocycles. The maximum atomic E-state index is 13.2. The predicted molar refractivity (Wildman–Crippen MR) is 178 cm³/mol. The Bertz CT molecular complexity index is 1930. The van der Waals surface area contributed by atoms with Crippen LogP contribution in [0.1, 0.15) is 60.5 Å². The van der Waals surface area contributed by atoms with Crippen molar-refractivity contribution in [1.82, 2.24) is 0 Å². The van der Waals surface area contributed by atoms with Gasteiger partial charge in [0, 0.05) is 28.7 Å². The maximum absolute atomic E-state index is 13.2. The molecule has 0 radical (unpaired) electrons. The molecular formula is C38H34O7S. The molecule has 0 unspecified atom stereocenters. The van der Waals surface area contributed by atoms with Crippen molar-refractivity contribution in [3.63, 3.8) is 0 Å². The number of carbonyl (C=O) groups is 2. The zero-order valence-electron chi connectivity index (χ0n) is 25.6. The molecule has 0 fully saturated rings. The van der Waals surface area contributed by atoms with E-state index in [1.54, 1.807) is 60.7 Å². The summed E-state index contributed by atoms with van der Waals surface area (Å²) >= 11 is 0. The Kier molecular flexibility index (Phi) is 10.1. The van der Waals surface area contributed by atoms with Gasteiger partial charge in [0.2, 0.25) is 0 Å². The minimum atomic E-state index is -4.03. The van der Waals surface area contributed by atoms with E-state index in [2.05, 4.69) is 0 Å². The van der Waals surface area contributed by atoms with Crippen LogP contribution in [0.5, 0.6) is 17.2 Å². The van der Waals surface area contributed by atoms with E-state index in [4.69, 9.17) is 14.0 Å². The number of ether oxygens (including phenoxy) is 2. The van der Waals surface area contributed by atoms with E-state index < -0.39 is 10.1 Å². The van der Waals surface area contributed by atoms with Gasteiger partial charge >= 0.3 is 0 Å². The molecule has 0 amide bonds. The van der Waals surface area contributed by atoms with E-state index in [1.165, 1.54) is 0 Å². The Morgan fingerprint density at radius 1 is 0.630 bits per heavy atom. The minimum Gasteiger partial charge on any atom is -0.493 e. The van der Waals surface area contributed by atoms with Crippen LogP contribution in [0.15, 0.2) is 115 Å². The van der Waals surface area contributed by atoms with Gasteiger partial charge in [0.1, 0.15) is 17.2 Å². The van der Waals surface area contributed by atoms with E-state index in [-0.39, 0.29) is 30.3 Å². The lowest BCUT2D eigenvalue weighted by Crippen LogP contribution is -2.09. The standard InChI is InChI=1S/C38H34O7S/c1-26-4-9-29(10-5-26)37(39)31-14-18-34(19-15-31)45-35-20-16-32(17-21-35)38(40)30-12-7-28(8-13-30)25-33-11-6-27(2)24-36(33)44-22-3-23-46(41,42)43/h4-21,24H,3,22-23,25H2,1-2H3,(H,41,42,43). The Morgan fingerprint density at radius 2 is 1.09 bits per heavy atom. The Balaban J connectivity index is 1.18. The molecule has 5 aromatic rings. The lowest BCUT2D eigenvalue weighted by Gasteiger charge is -2.13. The van der Waals surface area contributed by atoms with Crippen LogP contribution in [-0.2, 0) is 16.5 Å². The summed E-state index contributed by atoms with van der Waals surface area (Å²) in [7, 11) is -4.03. The summed E-state index contributed by atoms with van der Waals surface area (Å²) in [5.74, 6) is 1.28. The molecule has 0 aliphatic rings. The highest BCUT2D eigenvalue weighted by Crippen LogP contribution is 2.26. The van der Waals surface area contributed by atoms with Gasteiger partial charge in [0.05, 0.1) is 12.4 Å². The summed E-state index contributed by atoms with van der Waals surface area (Å²) in [5.41, 5.74) is 6.30. The molecule has 0 aliphatic heterocycles. The third kappa shape index (κ3) is 8.78. The second-order valence-electron chi connectivity index (χ2n) is 11.1. The number of carbonyl (C=O) groups excluding carboxylic acids is 2. The van der Waals surface area contributed by atoms with E-state index >= 15 is 0 Å². The van der Waals surface area contributed by atoms with Crippen molar-refractivity contribution >= 4 is 21.7 Å². The molecule has 8 heteroatoms. The first kappa shape index (κ1) is 32.3. The third-order valence-electron chi connectivity index (χ3n) is 7.42. The monoisotopic (exact) mass is 634 g/mol. The quantitative estimate of drug-likeness (QED) is 0.0800. The largest absolute Gasteiger partial charge is 0.493 e. The Morgan fingerprint density at radius 3 is 1.59 bits per heavy atom. The van der Waals surface area contributed by atoms with Gasteiger partial charge in [-0.1, -0.05) is 66.2 Å². The number of hydrogen-bond donors (Lipinski definition) is 1. The highest BCUT2D eigenvalue weighted by molar-refractivity contribution is 7.85. The second-order valence-corrected chi connectivity index (χ2v) is 12.7. The fourth-order valence-corrected chi connectivity index (χ4v) is 5.37. The Labute approximate surface area is 269 Å². The number of hydrogen-bond acceptors (Lipinski definition) is 6. The summed E-state index contributed by atoms with van der Waals surface area (Å²) in [6, 6.07) is 34.6. The molecule has 1 N–H and O–H groups in total. The van der Waals surface area contributed by atoms with Crippen LogP contribution in [0.3, 0.4) is 0 Å². The first-order valence-corrected chi connectivity index (χ1v) is 16.5. The molecule has 0 saturated carbocycles. The maximum Gasteiger partial charge on any atom is 0.264 e. The summed E-state index contributed by atoms with van der Waals surface area (Å²) < 4.78 is 42.7. The Hall–Kier alpha value is -5.05. The summed E-state index contributed by atoms with van der Waals surface area (Å²) in [6.07, 6.45) is 0.746. The zero-order chi connectivity index (χ0) is 32.7. The van der Waals surface area contributed by atoms with Crippen molar-refractivity contribution in [1.29, 1.82) is 0 Å². The normalized spacial score (nSPS) is 11.2. The van der Waals surface area contributed by atoms with Crippen LogP contribution in [0, 0.1) is 13.8 Å². The number of rotatable bonds is 13. The van der Waals surface area contributed by atoms with Gasteiger partial charge in [-0.15, -0.1) is 0 Å². The molecule has 46 heavy (non-hydrogen) atoms. The van der Waals surface area contributed by atoms with Crippen LogP contribution in [0.25, 0.3) is 0 Å². The lowest BCUT2D eigenvalue weighted by molar-refractivity contribution is 0.103. The molecule has 0 aromatic heterocycles. The van der Waals surface area contributed by atoms with Crippen molar-refractivity contribution in [2.75, 3.05) is 12.4 Å². The van der Waals surface area contributed by atoms with Crippen LogP contribution in [-0.4, -0.2) is 36.9 Å². The van der Waals surface area contributed by atoms with E-state index in [9.17, 15) is 18.0 Å². The average Bonchev–Trinajstić information content (AvgIpc) is 3.04. The van der Waals surface area contributed by atoms with Gasteiger partial charge in [-0.25, -0.2) is 0 Å². The molecule has 234 valence electrons. The van der Waals surface area contributed by atoms with Crippen molar-refractivity contribution in [3.8, 4) is 17.2 Å².